The molecule has 0 saturated carbocycles. The quantitative estimate of drug-likeness (QED) is 0.907. The van der Waals surface area contributed by atoms with Crippen LogP contribution in [0.4, 0.5) is 5.69 Å². The number of aromatic nitrogens is 2. The Morgan fingerprint density at radius 3 is 2.71 bits per heavy atom. The van der Waals surface area contributed by atoms with Crippen molar-refractivity contribution in [3.05, 3.63) is 35.4 Å². The van der Waals surface area contributed by atoms with Crippen LogP contribution >= 0.6 is 0 Å². The Balaban J connectivity index is 2.19. The number of aromatic amines is 1. The molecule has 0 aliphatic carbocycles. The van der Waals surface area contributed by atoms with Gasteiger partial charge in [0.25, 0.3) is 0 Å². The minimum Gasteiger partial charge on any atom is -0.497 e. The first-order valence-corrected chi connectivity index (χ1v) is 6.69. The van der Waals surface area contributed by atoms with Crippen molar-refractivity contribution in [2.75, 3.05) is 19.5 Å². The summed E-state index contributed by atoms with van der Waals surface area (Å²) in [5.74, 6) is 1.17. The van der Waals surface area contributed by atoms with Crippen LogP contribution in [-0.2, 0) is 4.79 Å². The number of imidazole rings is 1. The van der Waals surface area contributed by atoms with Crippen molar-refractivity contribution in [1.82, 2.24) is 9.97 Å². The number of carbonyl (C=O) groups excluding carboxylic acids is 1. The zero-order valence-corrected chi connectivity index (χ0v) is 12.2. The number of ether oxygens (including phenoxy) is 2. The van der Waals surface area contributed by atoms with Crippen LogP contribution < -0.4 is 14.8 Å². The predicted molar refractivity (Wildman–Crippen MR) is 78.0 cm³/mol. The van der Waals surface area contributed by atoms with Crippen LogP contribution in [0, 0.1) is 6.92 Å². The largest absolute Gasteiger partial charge is 0.497 e. The highest BCUT2D eigenvalue weighted by molar-refractivity contribution is 5.96. The summed E-state index contributed by atoms with van der Waals surface area (Å²) in [4.78, 5) is 19.4. The lowest BCUT2D eigenvalue weighted by atomic mass is 9.86. The number of nitrogens with one attached hydrogen (secondary N) is 2. The number of rotatable bonds is 3. The average molecular weight is 287 g/mol. The smallest absolute Gasteiger partial charge is 0.225 e. The zero-order chi connectivity index (χ0) is 15.0. The number of hydrogen-bond donors (Lipinski definition) is 2. The molecule has 1 aliphatic rings. The van der Waals surface area contributed by atoms with Crippen molar-refractivity contribution < 1.29 is 14.3 Å². The molecule has 2 aromatic rings. The van der Waals surface area contributed by atoms with Crippen LogP contribution in [0.3, 0.4) is 0 Å². The second-order valence-corrected chi connectivity index (χ2v) is 5.01. The molecule has 1 atom stereocenters. The molecule has 1 aliphatic heterocycles. The summed E-state index contributed by atoms with van der Waals surface area (Å²) < 4.78 is 10.7. The Bertz CT molecular complexity index is 693. The zero-order valence-electron chi connectivity index (χ0n) is 12.2. The Morgan fingerprint density at radius 2 is 2.10 bits per heavy atom. The molecule has 0 saturated heterocycles. The molecule has 0 spiro atoms. The number of anilines is 1. The van der Waals surface area contributed by atoms with E-state index < -0.39 is 0 Å². The third kappa shape index (κ3) is 2.22. The number of nitrogens with zero attached hydrogens (tertiary/aromatic N) is 1. The summed E-state index contributed by atoms with van der Waals surface area (Å²) in [7, 11) is 3.20. The lowest BCUT2D eigenvalue weighted by Crippen LogP contribution is -2.24. The van der Waals surface area contributed by atoms with Crippen molar-refractivity contribution in [2.24, 2.45) is 0 Å². The van der Waals surface area contributed by atoms with Crippen LogP contribution in [-0.4, -0.2) is 30.1 Å². The topological polar surface area (TPSA) is 76.2 Å². The number of methoxy groups -OCH3 is 2. The molecule has 1 aromatic heterocycles. The van der Waals surface area contributed by atoms with E-state index in [0.717, 1.165) is 22.6 Å². The number of aryl methyl sites for hydroxylation is 1. The number of fused-ring (bicyclic) bond motifs is 1. The first kappa shape index (κ1) is 13.5. The van der Waals surface area contributed by atoms with Crippen molar-refractivity contribution in [1.29, 1.82) is 0 Å². The molecular formula is C15H17N3O3. The standard InChI is InChI=1S/C15H17N3O3/c1-8-15(17-7-16-8)10-6-13(19)18-11-4-9(20-2)5-12(21-3)14(10)11/h4-5,7,10H,6H2,1-3H3,(H,16,17)(H,18,19)/t10-/m1/s1. The molecule has 1 aromatic carbocycles. The maximum Gasteiger partial charge on any atom is 0.225 e. The van der Waals surface area contributed by atoms with E-state index in [2.05, 4.69) is 15.3 Å². The Morgan fingerprint density at radius 1 is 1.29 bits per heavy atom. The van der Waals surface area contributed by atoms with Gasteiger partial charge in [-0.1, -0.05) is 0 Å². The average Bonchev–Trinajstić information content (AvgIpc) is 2.90. The summed E-state index contributed by atoms with van der Waals surface area (Å²) >= 11 is 0. The van der Waals surface area contributed by atoms with Gasteiger partial charge in [0, 0.05) is 35.7 Å². The van der Waals surface area contributed by atoms with Crippen molar-refractivity contribution in [2.45, 2.75) is 19.3 Å². The molecule has 2 heterocycles. The van der Waals surface area contributed by atoms with Crippen LogP contribution in [0.1, 0.15) is 29.3 Å². The van der Waals surface area contributed by atoms with Gasteiger partial charge in [-0.2, -0.15) is 0 Å². The molecule has 0 fully saturated rings. The Labute approximate surface area is 122 Å². The van der Waals surface area contributed by atoms with Gasteiger partial charge in [0.1, 0.15) is 11.5 Å². The molecule has 1 amide bonds. The molecular weight excluding hydrogens is 270 g/mol. The van der Waals surface area contributed by atoms with Gasteiger partial charge in [-0.25, -0.2) is 4.98 Å². The van der Waals surface area contributed by atoms with E-state index in [1.54, 1.807) is 20.5 Å². The van der Waals surface area contributed by atoms with E-state index in [0.29, 0.717) is 17.9 Å². The van der Waals surface area contributed by atoms with Crippen molar-refractivity contribution in [3.63, 3.8) is 0 Å². The molecule has 110 valence electrons. The normalized spacial score (nSPS) is 17.1. The van der Waals surface area contributed by atoms with Gasteiger partial charge in [0.2, 0.25) is 5.91 Å². The fourth-order valence-corrected chi connectivity index (χ4v) is 2.79. The monoisotopic (exact) mass is 287 g/mol. The van der Waals surface area contributed by atoms with E-state index >= 15 is 0 Å². The lowest BCUT2D eigenvalue weighted by Gasteiger charge is -2.27. The van der Waals surface area contributed by atoms with Gasteiger partial charge >= 0.3 is 0 Å². The summed E-state index contributed by atoms with van der Waals surface area (Å²) in [5, 5.41) is 2.88. The molecule has 21 heavy (non-hydrogen) atoms. The van der Waals surface area contributed by atoms with E-state index in [4.69, 9.17) is 9.47 Å². The highest BCUT2D eigenvalue weighted by Gasteiger charge is 2.32. The number of carbonyl (C=O) groups is 1. The van der Waals surface area contributed by atoms with Crippen molar-refractivity contribution in [3.8, 4) is 11.5 Å². The second kappa shape index (κ2) is 5.12. The summed E-state index contributed by atoms with van der Waals surface area (Å²) in [6.07, 6.45) is 1.99. The summed E-state index contributed by atoms with van der Waals surface area (Å²) in [6, 6.07) is 3.63. The summed E-state index contributed by atoms with van der Waals surface area (Å²) in [6.45, 7) is 1.95. The lowest BCUT2D eigenvalue weighted by molar-refractivity contribution is -0.116. The van der Waals surface area contributed by atoms with Gasteiger partial charge in [-0.05, 0) is 6.92 Å². The van der Waals surface area contributed by atoms with Gasteiger partial charge < -0.3 is 19.8 Å². The molecule has 0 radical (unpaired) electrons. The van der Waals surface area contributed by atoms with E-state index in [9.17, 15) is 4.79 Å². The maximum absolute atomic E-state index is 12.0. The fourth-order valence-electron chi connectivity index (χ4n) is 2.79. The van der Waals surface area contributed by atoms with Gasteiger partial charge in [0.05, 0.1) is 31.9 Å². The van der Waals surface area contributed by atoms with Gasteiger partial charge in [-0.3, -0.25) is 4.79 Å². The first-order chi connectivity index (χ1) is 10.1. The Hall–Kier alpha value is -2.50. The van der Waals surface area contributed by atoms with E-state index in [1.165, 1.54) is 0 Å². The summed E-state index contributed by atoms with van der Waals surface area (Å²) in [5.41, 5.74) is 3.48. The predicted octanol–water partition coefficient (Wildman–Crippen LogP) is 2.21. The molecule has 3 rings (SSSR count). The SMILES string of the molecule is COc1cc2c(c(OC)c1)[C@H](c1nc[nH]c1C)CC(=O)N2. The minimum atomic E-state index is -0.124. The highest BCUT2D eigenvalue weighted by atomic mass is 16.5. The van der Waals surface area contributed by atoms with E-state index in [-0.39, 0.29) is 11.8 Å². The Kier molecular flexibility index (Phi) is 3.29. The van der Waals surface area contributed by atoms with Crippen LogP contribution in [0.2, 0.25) is 0 Å². The maximum atomic E-state index is 12.0. The number of hydrogen-bond acceptors (Lipinski definition) is 4. The number of amides is 1. The number of benzene rings is 1. The van der Waals surface area contributed by atoms with E-state index in [1.807, 2.05) is 19.1 Å². The molecule has 2 N–H and O–H groups in total. The third-order valence-electron chi connectivity index (χ3n) is 3.78. The molecule has 0 bridgehead atoms. The molecule has 0 unspecified atom stereocenters. The highest BCUT2D eigenvalue weighted by Crippen LogP contribution is 2.44. The molecule has 6 heteroatoms. The van der Waals surface area contributed by atoms with Gasteiger partial charge in [-0.15, -0.1) is 0 Å². The number of H-pyrrole nitrogens is 1. The second-order valence-electron chi connectivity index (χ2n) is 5.01. The minimum absolute atomic E-state index is 0.0368. The van der Waals surface area contributed by atoms with Crippen LogP contribution in [0.15, 0.2) is 18.5 Å². The van der Waals surface area contributed by atoms with Crippen molar-refractivity contribution >= 4 is 11.6 Å². The molecule has 6 nitrogen and oxygen atoms in total. The van der Waals surface area contributed by atoms with Gasteiger partial charge in [0.15, 0.2) is 0 Å². The first-order valence-electron chi connectivity index (χ1n) is 6.69. The third-order valence-corrected chi connectivity index (χ3v) is 3.78. The van der Waals surface area contributed by atoms with Crippen LogP contribution in [0.5, 0.6) is 11.5 Å². The fraction of sp³-hybridized carbons (Fsp3) is 0.333. The van der Waals surface area contributed by atoms with Crippen LogP contribution in [0.25, 0.3) is 0 Å².